The summed E-state index contributed by atoms with van der Waals surface area (Å²) in [7, 11) is 0. The minimum absolute atomic E-state index is 0.274. The summed E-state index contributed by atoms with van der Waals surface area (Å²) < 4.78 is 22.3. The van der Waals surface area contributed by atoms with Gasteiger partial charge < -0.3 is 18.0 Å². The van der Waals surface area contributed by atoms with Gasteiger partial charge in [0.25, 0.3) is 11.8 Å². The molecule has 0 fully saturated rings. The molecule has 22 rings (SSSR count). The quantitative estimate of drug-likeness (QED) is 0.122. The van der Waals surface area contributed by atoms with E-state index in [1.165, 1.54) is 0 Å². The molecular formula is C92H54N12O2. The van der Waals surface area contributed by atoms with Crippen molar-refractivity contribution >= 4 is 109 Å². The summed E-state index contributed by atoms with van der Waals surface area (Å²) in [6.45, 7) is 0. The summed E-state index contributed by atoms with van der Waals surface area (Å²) in [4.78, 5) is 42.3. The van der Waals surface area contributed by atoms with E-state index in [9.17, 15) is 0 Å². The summed E-state index contributed by atoms with van der Waals surface area (Å²) >= 11 is 0. The van der Waals surface area contributed by atoms with Crippen molar-refractivity contribution in [2.75, 3.05) is 0 Å². The van der Waals surface area contributed by atoms with Crippen molar-refractivity contribution < 1.29 is 8.83 Å². The van der Waals surface area contributed by atoms with E-state index in [2.05, 4.69) is 261 Å². The Kier molecular flexibility index (Phi) is 13.0. The lowest BCUT2D eigenvalue weighted by Crippen LogP contribution is -2.07. The molecule has 106 heavy (non-hydrogen) atoms. The van der Waals surface area contributed by atoms with Crippen LogP contribution in [0.25, 0.3) is 212 Å². The maximum absolute atomic E-state index is 6.58. The minimum atomic E-state index is 0.274. The highest BCUT2D eigenvalue weighted by Gasteiger charge is 2.29. The second-order valence-electron chi connectivity index (χ2n) is 26.6. The first-order chi connectivity index (χ1) is 52.5. The summed E-state index contributed by atoms with van der Waals surface area (Å²) in [5.41, 5.74) is 20.5. The van der Waals surface area contributed by atoms with Crippen molar-refractivity contribution in [3.05, 3.63) is 328 Å². The molecular weight excluding hydrogens is 1310 g/mol. The van der Waals surface area contributed by atoms with Crippen molar-refractivity contribution in [1.29, 1.82) is 0 Å². The molecule has 0 aliphatic carbocycles. The second kappa shape index (κ2) is 23.4. The lowest BCUT2D eigenvalue weighted by molar-refractivity contribution is 0.611. The van der Waals surface area contributed by atoms with E-state index in [0.717, 1.165) is 143 Å². The molecule has 0 saturated heterocycles. The molecule has 14 nitrogen and oxygen atoms in total. The van der Waals surface area contributed by atoms with Crippen molar-refractivity contribution in [3.8, 4) is 103 Å². The third-order valence-electron chi connectivity index (χ3n) is 20.6. The Balaban J connectivity index is 0.769. The first-order valence-electron chi connectivity index (χ1n) is 35.2. The molecule has 22 aromatic rings. The molecule has 0 radical (unpaired) electrons. The zero-order valence-corrected chi connectivity index (χ0v) is 56.4. The molecule has 0 atom stereocenters. The average Bonchev–Trinajstić information content (AvgIpc) is 1.55. The van der Waals surface area contributed by atoms with Gasteiger partial charge in [-0.05, 0) is 106 Å². The van der Waals surface area contributed by atoms with E-state index in [1.54, 1.807) is 0 Å². The molecule has 8 heterocycles. The summed E-state index contributed by atoms with van der Waals surface area (Å²) in [5, 5.41) is 8.47. The number of rotatable bonds is 11. The van der Waals surface area contributed by atoms with Gasteiger partial charge in [0.15, 0.2) is 22.8 Å². The van der Waals surface area contributed by atoms with Crippen LogP contribution in [0, 0.1) is 0 Å². The van der Waals surface area contributed by atoms with Crippen LogP contribution in [0.15, 0.2) is 336 Å². The van der Waals surface area contributed by atoms with Gasteiger partial charge in [0, 0.05) is 65.6 Å². The maximum atomic E-state index is 6.58. The van der Waals surface area contributed by atoms with E-state index in [1.807, 2.05) is 84.9 Å². The van der Waals surface area contributed by atoms with Crippen LogP contribution in [0.4, 0.5) is 0 Å². The number of hydrogen-bond donors (Lipinski definition) is 0. The highest BCUT2D eigenvalue weighted by Crippen LogP contribution is 2.47. The lowest BCUT2D eigenvalue weighted by atomic mass is 9.98. The Morgan fingerprint density at radius 3 is 1.15 bits per heavy atom. The predicted octanol–water partition coefficient (Wildman–Crippen LogP) is 22.4. The van der Waals surface area contributed by atoms with Crippen molar-refractivity contribution in [2.24, 2.45) is 0 Å². The van der Waals surface area contributed by atoms with Crippen LogP contribution < -0.4 is 0 Å². The summed E-state index contributed by atoms with van der Waals surface area (Å²) in [6, 6.07) is 114. The number of benzene rings is 14. The Hall–Kier alpha value is -14.8. The van der Waals surface area contributed by atoms with E-state index >= 15 is 0 Å². The van der Waals surface area contributed by atoms with Crippen molar-refractivity contribution in [2.45, 2.75) is 0 Å². The standard InChI is InChI=1S/C92H54N12O2/c1-4-22-55(23-5-1)57-46-48-62(49-47-57)101-74-36-15-10-30-65(74)69-52-53-71-80-64(33-21-39-77(80)104(84(71)82(69)101)92-97-85(59-26-8-3-9-27-59)95-87(100-92)89-93-72-34-13-18-40-78(72)105-89)58-42-44-60(45-43-58)86-96-88(90-94-73-35-14-19-41-79(73)106-90)99-91(98-86)103-76-38-17-12-32-67(76)70-51-50-68-66-31-11-16-37-75(66)102(81(68)83(70)103)63-29-20-28-61(54-63)56-24-6-2-7-25-56/h1-54H. The van der Waals surface area contributed by atoms with Gasteiger partial charge in [0.2, 0.25) is 23.5 Å². The number of nitrogens with zero attached hydrogens (tertiary/aromatic N) is 12. The Morgan fingerprint density at radius 1 is 0.217 bits per heavy atom. The zero-order chi connectivity index (χ0) is 69.5. The minimum Gasteiger partial charge on any atom is -0.434 e. The average molecular weight is 1360 g/mol. The second-order valence-corrected chi connectivity index (χ2v) is 26.6. The molecule has 0 aliphatic heterocycles. The van der Waals surface area contributed by atoms with Gasteiger partial charge in [-0.25, -0.2) is 19.9 Å². The molecule has 14 heteroatoms. The molecule has 8 aromatic heterocycles. The van der Waals surface area contributed by atoms with E-state index in [0.29, 0.717) is 51.6 Å². The monoisotopic (exact) mass is 1360 g/mol. The first kappa shape index (κ1) is 59.0. The van der Waals surface area contributed by atoms with Gasteiger partial charge in [-0.2, -0.15) is 19.9 Å². The third-order valence-corrected chi connectivity index (χ3v) is 20.6. The van der Waals surface area contributed by atoms with Crippen LogP contribution in [0.1, 0.15) is 0 Å². The number of para-hydroxylation sites is 7. The SMILES string of the molecule is c1ccc(-c2ccc(-n3c4ccccc4c4ccc5c6c(-c7ccc(-c8nc(-c9nc%10ccccc%10o9)nc(-n9c%10ccccc%10c%10ccc%11c%12ccccc%12n(-c%12cccc(-c%13ccccc%13)c%12)c%11c%109)n8)cc7)cccc6n(-c6nc(-c7ccccc7)nc(-c7nc8ccccc8o7)n6)c5c43)cc2)cc1. The molecule has 494 valence electrons. The molecule has 0 unspecified atom stereocenters. The van der Waals surface area contributed by atoms with E-state index < -0.39 is 0 Å². The highest BCUT2D eigenvalue weighted by molar-refractivity contribution is 6.27. The smallest absolute Gasteiger partial charge is 0.266 e. The Labute approximate surface area is 603 Å². The van der Waals surface area contributed by atoms with Crippen molar-refractivity contribution in [1.82, 2.24) is 58.1 Å². The normalized spacial score (nSPS) is 12.0. The fourth-order valence-corrected chi connectivity index (χ4v) is 15.9. The summed E-state index contributed by atoms with van der Waals surface area (Å²) in [5.74, 6) is 2.84. The molecule has 0 amide bonds. The van der Waals surface area contributed by atoms with Gasteiger partial charge in [0.05, 0.1) is 44.1 Å². The lowest BCUT2D eigenvalue weighted by Gasteiger charge is -2.14. The van der Waals surface area contributed by atoms with Gasteiger partial charge in [-0.1, -0.05) is 255 Å². The fraction of sp³-hybridized carbons (Fsp3) is 0. The topological polar surface area (TPSA) is 149 Å². The van der Waals surface area contributed by atoms with Gasteiger partial charge in [0.1, 0.15) is 11.0 Å². The molecule has 0 saturated carbocycles. The van der Waals surface area contributed by atoms with Gasteiger partial charge in [-0.15, -0.1) is 0 Å². The van der Waals surface area contributed by atoms with Crippen molar-refractivity contribution in [3.63, 3.8) is 0 Å². The maximum Gasteiger partial charge on any atom is 0.266 e. The number of fused-ring (bicyclic) bond motifs is 16. The third kappa shape index (κ3) is 9.24. The highest BCUT2D eigenvalue weighted by atomic mass is 16.4. The number of hydrogen-bond acceptors (Lipinski definition) is 10. The molecule has 0 spiro atoms. The van der Waals surface area contributed by atoms with Crippen LogP contribution in [0.3, 0.4) is 0 Å². The van der Waals surface area contributed by atoms with E-state index in [4.69, 9.17) is 48.7 Å². The predicted molar refractivity (Wildman–Crippen MR) is 424 cm³/mol. The van der Waals surface area contributed by atoms with Crippen LogP contribution in [0.2, 0.25) is 0 Å². The summed E-state index contributed by atoms with van der Waals surface area (Å²) in [6.07, 6.45) is 0. The molecule has 0 N–H and O–H groups in total. The largest absolute Gasteiger partial charge is 0.434 e. The zero-order valence-electron chi connectivity index (χ0n) is 56.4. The molecule has 0 bridgehead atoms. The Bertz CT molecular complexity index is 7250. The Morgan fingerprint density at radius 2 is 0.594 bits per heavy atom. The number of aromatic nitrogens is 12. The fourth-order valence-electron chi connectivity index (χ4n) is 15.9. The first-order valence-corrected chi connectivity index (χ1v) is 35.2. The van der Waals surface area contributed by atoms with E-state index in [-0.39, 0.29) is 17.6 Å². The van der Waals surface area contributed by atoms with Gasteiger partial charge >= 0.3 is 0 Å². The van der Waals surface area contributed by atoms with Crippen LogP contribution in [-0.4, -0.2) is 58.1 Å². The number of oxazole rings is 2. The van der Waals surface area contributed by atoms with Gasteiger partial charge in [-0.3, -0.25) is 9.13 Å². The van der Waals surface area contributed by atoms with Crippen LogP contribution in [-0.2, 0) is 0 Å². The van der Waals surface area contributed by atoms with Crippen LogP contribution in [0.5, 0.6) is 0 Å². The van der Waals surface area contributed by atoms with Crippen LogP contribution >= 0.6 is 0 Å². The molecule has 0 aliphatic rings. The molecule has 14 aromatic carbocycles.